The maximum atomic E-state index is 12.4. The minimum atomic E-state index is -1.12. The molecule has 0 amide bonds. The van der Waals surface area contributed by atoms with Crippen molar-refractivity contribution in [2.24, 2.45) is 0 Å². The number of hydrogen-bond donors (Lipinski definition) is 1. The van der Waals surface area contributed by atoms with Crippen molar-refractivity contribution in [1.82, 2.24) is 4.98 Å². The fraction of sp³-hybridized carbons (Fsp3) is 0.214. The van der Waals surface area contributed by atoms with Crippen LogP contribution in [0.4, 0.5) is 0 Å². The molecule has 4 aromatic rings. The Bertz CT molecular complexity index is 1310. The van der Waals surface area contributed by atoms with Crippen LogP contribution in [0.5, 0.6) is 0 Å². The molecule has 3 aromatic carbocycles. The van der Waals surface area contributed by atoms with Crippen molar-refractivity contribution < 1.29 is 14.6 Å². The van der Waals surface area contributed by atoms with Gasteiger partial charge in [-0.2, -0.15) is 0 Å². The Labute approximate surface area is 198 Å². The van der Waals surface area contributed by atoms with Crippen LogP contribution in [0, 0.1) is 6.92 Å². The molecule has 0 saturated carbocycles. The summed E-state index contributed by atoms with van der Waals surface area (Å²) in [4.78, 5) is 16.9. The Morgan fingerprint density at radius 2 is 1.70 bits per heavy atom. The molecule has 1 heterocycles. The smallest absolute Gasteiger partial charge is 0.337 e. The van der Waals surface area contributed by atoms with Crippen molar-refractivity contribution in [3.05, 3.63) is 89.1 Å². The first-order chi connectivity index (χ1) is 15.6. The van der Waals surface area contributed by atoms with Gasteiger partial charge in [-0.15, -0.1) is 0 Å². The first-order valence-corrected chi connectivity index (χ1v) is 11.2. The van der Waals surface area contributed by atoms with Gasteiger partial charge in [0.2, 0.25) is 0 Å². The van der Waals surface area contributed by atoms with E-state index in [4.69, 9.17) is 16.3 Å². The number of carboxylic acid groups (broad SMARTS) is 1. The lowest BCUT2D eigenvalue weighted by Crippen LogP contribution is -2.28. The molecule has 0 aliphatic heterocycles. The molecule has 0 fully saturated rings. The Kier molecular flexibility index (Phi) is 6.24. The molecule has 0 aliphatic rings. The SMILES string of the molecule is Cc1cc2cc(-c3ccccn3)ccc2c(-c2ccc(Cl)cc2)c1[C@H](OC(C)(C)C)C(=O)O. The molecule has 33 heavy (non-hydrogen) atoms. The van der Waals surface area contributed by atoms with Crippen molar-refractivity contribution >= 4 is 28.3 Å². The van der Waals surface area contributed by atoms with E-state index in [1.54, 1.807) is 6.20 Å². The topological polar surface area (TPSA) is 59.4 Å². The number of aromatic nitrogens is 1. The van der Waals surface area contributed by atoms with Crippen LogP contribution in [0.15, 0.2) is 72.9 Å². The standard InChI is InChI=1S/C28H26ClNO3/c1-17-15-20-16-19(23-7-5-6-14-30-23)10-13-22(20)25(18-8-11-21(29)12-9-18)24(17)26(27(31)32)33-28(2,3)4/h5-16,26H,1-4H3,(H,31,32)/t26-/m0/s1. The molecule has 0 saturated heterocycles. The van der Waals surface area contributed by atoms with Gasteiger partial charge in [0.15, 0.2) is 6.10 Å². The fourth-order valence-corrected chi connectivity index (χ4v) is 4.23. The van der Waals surface area contributed by atoms with Gasteiger partial charge in [0, 0.05) is 22.3 Å². The van der Waals surface area contributed by atoms with Crippen LogP contribution in [-0.4, -0.2) is 21.7 Å². The van der Waals surface area contributed by atoms with Crippen molar-refractivity contribution in [3.63, 3.8) is 0 Å². The molecule has 0 aliphatic carbocycles. The number of hydrogen-bond acceptors (Lipinski definition) is 3. The summed E-state index contributed by atoms with van der Waals surface area (Å²) in [5.74, 6) is -1.02. The zero-order valence-corrected chi connectivity index (χ0v) is 19.9. The number of fused-ring (bicyclic) bond motifs is 1. The molecule has 1 N–H and O–H groups in total. The summed E-state index contributed by atoms with van der Waals surface area (Å²) in [7, 11) is 0. The van der Waals surface area contributed by atoms with Crippen LogP contribution >= 0.6 is 11.6 Å². The van der Waals surface area contributed by atoms with E-state index in [1.165, 1.54) is 0 Å². The summed E-state index contributed by atoms with van der Waals surface area (Å²) >= 11 is 6.15. The second-order valence-corrected chi connectivity index (χ2v) is 9.52. The highest BCUT2D eigenvalue weighted by Gasteiger charge is 2.31. The summed E-state index contributed by atoms with van der Waals surface area (Å²) in [5.41, 5.74) is 4.47. The molecular weight excluding hydrogens is 434 g/mol. The van der Waals surface area contributed by atoms with Gasteiger partial charge in [-0.05, 0) is 85.5 Å². The van der Waals surface area contributed by atoms with E-state index in [-0.39, 0.29) is 0 Å². The number of halogens is 1. The van der Waals surface area contributed by atoms with Gasteiger partial charge in [-0.3, -0.25) is 4.98 Å². The highest BCUT2D eigenvalue weighted by atomic mass is 35.5. The molecule has 0 unspecified atom stereocenters. The Hall–Kier alpha value is -3.21. The molecule has 4 rings (SSSR count). The average Bonchev–Trinajstić information content (AvgIpc) is 2.77. The highest BCUT2D eigenvalue weighted by Crippen LogP contribution is 2.41. The molecule has 168 valence electrons. The van der Waals surface area contributed by atoms with Gasteiger partial charge in [-0.25, -0.2) is 4.79 Å². The van der Waals surface area contributed by atoms with Gasteiger partial charge in [0.1, 0.15) is 0 Å². The van der Waals surface area contributed by atoms with Gasteiger partial charge in [0.25, 0.3) is 0 Å². The number of rotatable bonds is 5. The molecule has 5 heteroatoms. The highest BCUT2D eigenvalue weighted by molar-refractivity contribution is 6.30. The number of aryl methyl sites for hydroxylation is 1. The van der Waals surface area contributed by atoms with Crippen LogP contribution in [0.3, 0.4) is 0 Å². The molecule has 0 radical (unpaired) electrons. The summed E-state index contributed by atoms with van der Waals surface area (Å²) in [5, 5.41) is 12.7. The average molecular weight is 460 g/mol. The van der Waals surface area contributed by atoms with Gasteiger partial charge >= 0.3 is 5.97 Å². The van der Waals surface area contributed by atoms with E-state index >= 15 is 0 Å². The first kappa shape index (κ1) is 23.0. The third-order valence-corrected chi connectivity index (χ3v) is 5.69. The van der Waals surface area contributed by atoms with E-state index < -0.39 is 17.7 Å². The minimum Gasteiger partial charge on any atom is -0.479 e. The maximum Gasteiger partial charge on any atom is 0.337 e. The number of pyridine rings is 1. The normalized spacial score (nSPS) is 12.6. The second kappa shape index (κ2) is 8.97. The largest absolute Gasteiger partial charge is 0.479 e. The van der Waals surface area contributed by atoms with Crippen LogP contribution < -0.4 is 0 Å². The predicted octanol–water partition coefficient (Wildman–Crippen LogP) is 7.47. The summed E-state index contributed by atoms with van der Waals surface area (Å²) in [6, 6.07) is 21.5. The van der Waals surface area contributed by atoms with Crippen LogP contribution in [-0.2, 0) is 9.53 Å². The van der Waals surface area contributed by atoms with Crippen molar-refractivity contribution in [3.8, 4) is 22.4 Å². The monoisotopic (exact) mass is 459 g/mol. The van der Waals surface area contributed by atoms with Crippen LogP contribution in [0.1, 0.15) is 38.0 Å². The Balaban J connectivity index is 2.02. The number of carbonyl (C=O) groups is 1. The van der Waals surface area contributed by atoms with Gasteiger partial charge in [0.05, 0.1) is 11.3 Å². The van der Waals surface area contributed by atoms with Crippen molar-refractivity contribution in [2.75, 3.05) is 0 Å². The lowest BCUT2D eigenvalue weighted by Gasteiger charge is -2.28. The van der Waals surface area contributed by atoms with Gasteiger partial charge < -0.3 is 9.84 Å². The molecule has 1 atom stereocenters. The Morgan fingerprint density at radius 1 is 1.00 bits per heavy atom. The molecule has 0 bridgehead atoms. The number of aliphatic carboxylic acids is 1. The fourth-order valence-electron chi connectivity index (χ4n) is 4.11. The predicted molar refractivity (Wildman–Crippen MR) is 134 cm³/mol. The summed E-state index contributed by atoms with van der Waals surface area (Å²) < 4.78 is 6.06. The van der Waals surface area contributed by atoms with E-state index in [0.717, 1.165) is 38.7 Å². The van der Waals surface area contributed by atoms with E-state index in [9.17, 15) is 9.90 Å². The zero-order chi connectivity index (χ0) is 23.8. The quantitative estimate of drug-likeness (QED) is 0.336. The van der Waals surface area contributed by atoms with Crippen molar-refractivity contribution in [2.45, 2.75) is 39.4 Å². The first-order valence-electron chi connectivity index (χ1n) is 10.8. The molecular formula is C28H26ClNO3. The van der Waals surface area contributed by atoms with Gasteiger partial charge in [-0.1, -0.05) is 48.0 Å². The Morgan fingerprint density at radius 3 is 2.30 bits per heavy atom. The van der Waals surface area contributed by atoms with E-state index in [2.05, 4.69) is 11.1 Å². The zero-order valence-electron chi connectivity index (χ0n) is 19.1. The summed E-state index contributed by atoms with van der Waals surface area (Å²) in [6.45, 7) is 7.52. The van der Waals surface area contributed by atoms with E-state index in [0.29, 0.717) is 10.6 Å². The van der Waals surface area contributed by atoms with Crippen LogP contribution in [0.25, 0.3) is 33.2 Å². The third kappa shape index (κ3) is 4.92. The lowest BCUT2D eigenvalue weighted by molar-refractivity contribution is -0.160. The summed E-state index contributed by atoms with van der Waals surface area (Å²) in [6.07, 6.45) is 0.657. The second-order valence-electron chi connectivity index (χ2n) is 9.09. The third-order valence-electron chi connectivity index (χ3n) is 5.44. The number of nitrogens with zero attached hydrogens (tertiary/aromatic N) is 1. The lowest BCUT2D eigenvalue weighted by atomic mass is 9.86. The minimum absolute atomic E-state index is 0.621. The number of carboxylic acids is 1. The van der Waals surface area contributed by atoms with Crippen molar-refractivity contribution in [1.29, 1.82) is 0 Å². The number of ether oxygens (including phenoxy) is 1. The van der Waals surface area contributed by atoms with Crippen LogP contribution in [0.2, 0.25) is 5.02 Å². The molecule has 4 nitrogen and oxygen atoms in total. The number of benzene rings is 3. The molecule has 0 spiro atoms. The molecule has 1 aromatic heterocycles. The van der Waals surface area contributed by atoms with E-state index in [1.807, 2.05) is 88.4 Å². The maximum absolute atomic E-state index is 12.4.